The van der Waals surface area contributed by atoms with Crippen LogP contribution in [0.2, 0.25) is 0 Å². The molecule has 0 amide bonds. The van der Waals surface area contributed by atoms with Gasteiger partial charge in [0.1, 0.15) is 0 Å². The highest BCUT2D eigenvalue weighted by Gasteiger charge is 2.08. The van der Waals surface area contributed by atoms with Gasteiger partial charge in [-0.15, -0.1) is 0 Å². The van der Waals surface area contributed by atoms with Gasteiger partial charge in [-0.1, -0.05) is 0 Å². The van der Waals surface area contributed by atoms with E-state index in [9.17, 15) is 0 Å². The second-order valence-corrected chi connectivity index (χ2v) is 3.39. The summed E-state index contributed by atoms with van der Waals surface area (Å²) in [6.45, 7) is 3.84. The predicted molar refractivity (Wildman–Crippen MR) is 61.1 cm³/mol. The van der Waals surface area contributed by atoms with Gasteiger partial charge < -0.3 is 9.64 Å². The topological polar surface area (TPSA) is 62.0 Å². The van der Waals surface area contributed by atoms with Crippen molar-refractivity contribution < 1.29 is 4.74 Å². The van der Waals surface area contributed by atoms with Crippen molar-refractivity contribution in [2.45, 2.75) is 13.3 Å². The van der Waals surface area contributed by atoms with Crippen LogP contribution in [0.3, 0.4) is 0 Å². The van der Waals surface area contributed by atoms with E-state index in [1.54, 1.807) is 13.3 Å². The number of nitrogens with zero attached hydrogens (tertiary/aromatic N) is 4. The fourth-order valence-corrected chi connectivity index (χ4v) is 1.29. The third-order valence-electron chi connectivity index (χ3n) is 2.12. The maximum absolute atomic E-state index is 8.59. The Balaban J connectivity index is 2.70. The lowest BCUT2D eigenvalue weighted by molar-refractivity contribution is 0.205. The van der Waals surface area contributed by atoms with Crippen molar-refractivity contribution in [2.75, 3.05) is 31.7 Å². The first-order chi connectivity index (χ1) is 7.77. The van der Waals surface area contributed by atoms with Gasteiger partial charge in [0.05, 0.1) is 19.1 Å². The Kier molecular flexibility index (Phi) is 5.23. The SMILES string of the molecule is COCCN(CCC#N)c1nccc(C)n1. The summed E-state index contributed by atoms with van der Waals surface area (Å²) in [7, 11) is 1.65. The number of aryl methyl sites for hydroxylation is 1. The van der Waals surface area contributed by atoms with Crippen molar-refractivity contribution in [3.05, 3.63) is 18.0 Å². The van der Waals surface area contributed by atoms with E-state index in [0.717, 1.165) is 5.69 Å². The number of ether oxygens (including phenoxy) is 1. The molecule has 0 atom stereocenters. The van der Waals surface area contributed by atoms with E-state index in [4.69, 9.17) is 10.00 Å². The fourth-order valence-electron chi connectivity index (χ4n) is 1.29. The lowest BCUT2D eigenvalue weighted by Gasteiger charge is -2.20. The second kappa shape index (κ2) is 6.75. The predicted octanol–water partition coefficient (Wildman–Crippen LogP) is 1.15. The van der Waals surface area contributed by atoms with Gasteiger partial charge in [0, 0.05) is 32.1 Å². The molecule has 1 heterocycles. The fraction of sp³-hybridized carbons (Fsp3) is 0.545. The van der Waals surface area contributed by atoms with Crippen LogP contribution >= 0.6 is 0 Å². The van der Waals surface area contributed by atoms with Crippen LogP contribution in [0.15, 0.2) is 12.3 Å². The van der Waals surface area contributed by atoms with Crippen molar-refractivity contribution in [2.24, 2.45) is 0 Å². The van der Waals surface area contributed by atoms with E-state index < -0.39 is 0 Å². The van der Waals surface area contributed by atoms with Crippen LogP contribution in [0.4, 0.5) is 5.95 Å². The number of hydrogen-bond donors (Lipinski definition) is 0. The van der Waals surface area contributed by atoms with Crippen LogP contribution < -0.4 is 4.90 Å². The van der Waals surface area contributed by atoms with Crippen molar-refractivity contribution in [1.29, 1.82) is 5.26 Å². The van der Waals surface area contributed by atoms with Gasteiger partial charge in [-0.2, -0.15) is 5.26 Å². The minimum Gasteiger partial charge on any atom is -0.383 e. The molecule has 1 aromatic rings. The third-order valence-corrected chi connectivity index (χ3v) is 2.12. The van der Waals surface area contributed by atoms with Crippen LogP contribution in [0.1, 0.15) is 12.1 Å². The molecule has 0 unspecified atom stereocenters. The zero-order valence-corrected chi connectivity index (χ0v) is 9.68. The van der Waals surface area contributed by atoms with E-state index >= 15 is 0 Å². The van der Waals surface area contributed by atoms with Gasteiger partial charge in [0.25, 0.3) is 0 Å². The minimum atomic E-state index is 0.459. The molecule has 0 aliphatic rings. The maximum atomic E-state index is 8.59. The summed E-state index contributed by atoms with van der Waals surface area (Å²) in [6, 6.07) is 3.97. The lowest BCUT2D eigenvalue weighted by atomic mass is 10.4. The Morgan fingerprint density at radius 3 is 2.94 bits per heavy atom. The smallest absolute Gasteiger partial charge is 0.225 e. The Labute approximate surface area is 95.7 Å². The minimum absolute atomic E-state index is 0.459. The number of nitriles is 1. The molecule has 0 aliphatic heterocycles. The molecule has 0 N–H and O–H groups in total. The first kappa shape index (κ1) is 12.4. The lowest BCUT2D eigenvalue weighted by Crippen LogP contribution is -2.30. The molecule has 5 heteroatoms. The number of methoxy groups -OCH3 is 1. The summed E-state index contributed by atoms with van der Waals surface area (Å²) < 4.78 is 5.02. The quantitative estimate of drug-likeness (QED) is 0.719. The maximum Gasteiger partial charge on any atom is 0.225 e. The molecule has 0 saturated carbocycles. The summed E-state index contributed by atoms with van der Waals surface area (Å²) in [5.74, 6) is 0.660. The highest BCUT2D eigenvalue weighted by atomic mass is 16.5. The summed E-state index contributed by atoms with van der Waals surface area (Å²) in [4.78, 5) is 10.5. The average molecular weight is 220 g/mol. The zero-order valence-electron chi connectivity index (χ0n) is 9.68. The van der Waals surface area contributed by atoms with Crippen LogP contribution in [-0.2, 0) is 4.74 Å². The molecule has 86 valence electrons. The van der Waals surface area contributed by atoms with Crippen molar-refractivity contribution in [3.8, 4) is 6.07 Å². The van der Waals surface area contributed by atoms with E-state index in [1.165, 1.54) is 0 Å². The van der Waals surface area contributed by atoms with Gasteiger partial charge in [-0.05, 0) is 13.0 Å². The average Bonchev–Trinajstić information content (AvgIpc) is 2.29. The van der Waals surface area contributed by atoms with Crippen LogP contribution in [0.5, 0.6) is 0 Å². The first-order valence-corrected chi connectivity index (χ1v) is 5.18. The summed E-state index contributed by atoms with van der Waals surface area (Å²) in [5.41, 5.74) is 0.921. The molecule has 0 aromatic carbocycles. The van der Waals surface area contributed by atoms with Crippen LogP contribution in [0, 0.1) is 18.3 Å². The molecule has 1 aromatic heterocycles. The van der Waals surface area contributed by atoms with E-state index in [-0.39, 0.29) is 0 Å². The number of anilines is 1. The molecule has 0 spiro atoms. The monoisotopic (exact) mass is 220 g/mol. The standard InChI is InChI=1S/C11H16N4O/c1-10-4-6-13-11(14-10)15(7-3-5-12)8-9-16-2/h4,6H,3,7-9H2,1-2H3. The molecular formula is C11H16N4O. The van der Waals surface area contributed by atoms with E-state index in [0.29, 0.717) is 32.1 Å². The normalized spacial score (nSPS) is 9.81. The van der Waals surface area contributed by atoms with Crippen molar-refractivity contribution in [1.82, 2.24) is 9.97 Å². The molecular weight excluding hydrogens is 204 g/mol. The van der Waals surface area contributed by atoms with Crippen LogP contribution in [0.25, 0.3) is 0 Å². The summed E-state index contributed by atoms with van der Waals surface area (Å²) in [6.07, 6.45) is 2.19. The highest BCUT2D eigenvalue weighted by Crippen LogP contribution is 2.07. The van der Waals surface area contributed by atoms with E-state index in [1.807, 2.05) is 17.9 Å². The number of hydrogen-bond acceptors (Lipinski definition) is 5. The van der Waals surface area contributed by atoms with E-state index in [2.05, 4.69) is 16.0 Å². The molecule has 1 rings (SSSR count). The van der Waals surface area contributed by atoms with Gasteiger partial charge >= 0.3 is 0 Å². The highest BCUT2D eigenvalue weighted by molar-refractivity contribution is 5.30. The second-order valence-electron chi connectivity index (χ2n) is 3.39. The summed E-state index contributed by atoms with van der Waals surface area (Å²) in [5, 5.41) is 8.59. The van der Waals surface area contributed by atoms with Crippen molar-refractivity contribution in [3.63, 3.8) is 0 Å². The van der Waals surface area contributed by atoms with Crippen LogP contribution in [-0.4, -0.2) is 36.8 Å². The van der Waals surface area contributed by atoms with Gasteiger partial charge in [-0.25, -0.2) is 9.97 Å². The largest absolute Gasteiger partial charge is 0.383 e. The number of rotatable bonds is 6. The molecule has 0 saturated heterocycles. The number of aromatic nitrogens is 2. The Morgan fingerprint density at radius 1 is 1.50 bits per heavy atom. The molecule has 5 nitrogen and oxygen atoms in total. The third kappa shape index (κ3) is 3.83. The Bertz CT molecular complexity index is 361. The molecule has 0 fully saturated rings. The van der Waals surface area contributed by atoms with Gasteiger partial charge in [0.2, 0.25) is 5.95 Å². The molecule has 0 radical (unpaired) electrons. The van der Waals surface area contributed by atoms with Gasteiger partial charge in [0.15, 0.2) is 0 Å². The first-order valence-electron chi connectivity index (χ1n) is 5.18. The summed E-state index contributed by atoms with van der Waals surface area (Å²) >= 11 is 0. The van der Waals surface area contributed by atoms with Gasteiger partial charge in [-0.3, -0.25) is 0 Å². The molecule has 0 bridgehead atoms. The Hall–Kier alpha value is -1.67. The zero-order chi connectivity index (χ0) is 11.8. The van der Waals surface area contributed by atoms with Crippen molar-refractivity contribution >= 4 is 5.95 Å². The molecule has 0 aliphatic carbocycles. The molecule has 16 heavy (non-hydrogen) atoms. The Morgan fingerprint density at radius 2 is 2.31 bits per heavy atom.